The summed E-state index contributed by atoms with van der Waals surface area (Å²) < 4.78 is 43.0. The highest BCUT2D eigenvalue weighted by atomic mass is 19.4. The zero-order valence-corrected chi connectivity index (χ0v) is 9.34. The summed E-state index contributed by atoms with van der Waals surface area (Å²) in [5, 5.41) is 2.56. The summed E-state index contributed by atoms with van der Waals surface area (Å²) in [5.41, 5.74) is -1.07. The molecular formula is C11H13F3N2O. The SMILES string of the molecule is COc1ncccc1CNC1(C(F)(F)F)CC1. The fraction of sp³-hybridized carbons (Fsp3) is 0.545. The number of halogens is 3. The molecule has 1 fully saturated rings. The maximum absolute atomic E-state index is 12.7. The molecule has 2 rings (SSSR count). The Hall–Kier alpha value is -1.30. The van der Waals surface area contributed by atoms with Crippen LogP contribution >= 0.6 is 0 Å². The van der Waals surface area contributed by atoms with Crippen molar-refractivity contribution in [3.8, 4) is 5.88 Å². The molecule has 0 aliphatic heterocycles. The van der Waals surface area contributed by atoms with Crippen molar-refractivity contribution in [3.05, 3.63) is 23.9 Å². The Bertz CT molecular complexity index is 402. The summed E-state index contributed by atoms with van der Waals surface area (Å²) in [6, 6.07) is 3.37. The number of aromatic nitrogens is 1. The minimum atomic E-state index is -4.19. The molecule has 17 heavy (non-hydrogen) atoms. The van der Waals surface area contributed by atoms with Gasteiger partial charge in [-0.15, -0.1) is 0 Å². The Morgan fingerprint density at radius 2 is 2.18 bits per heavy atom. The topological polar surface area (TPSA) is 34.1 Å². The van der Waals surface area contributed by atoms with Crippen LogP contribution in [0.1, 0.15) is 18.4 Å². The molecular weight excluding hydrogens is 233 g/mol. The fourth-order valence-corrected chi connectivity index (χ4v) is 1.69. The van der Waals surface area contributed by atoms with Gasteiger partial charge in [0, 0.05) is 18.3 Å². The van der Waals surface area contributed by atoms with E-state index in [0.717, 1.165) is 0 Å². The van der Waals surface area contributed by atoms with E-state index in [1.54, 1.807) is 18.3 Å². The van der Waals surface area contributed by atoms with Crippen molar-refractivity contribution in [2.75, 3.05) is 7.11 Å². The third-order valence-electron chi connectivity index (χ3n) is 2.95. The number of hydrogen-bond acceptors (Lipinski definition) is 3. The molecule has 94 valence electrons. The number of nitrogens with one attached hydrogen (secondary N) is 1. The van der Waals surface area contributed by atoms with E-state index >= 15 is 0 Å². The average molecular weight is 246 g/mol. The molecule has 1 saturated carbocycles. The number of nitrogens with zero attached hydrogens (tertiary/aromatic N) is 1. The minimum absolute atomic E-state index is 0.108. The average Bonchev–Trinajstić information content (AvgIpc) is 3.07. The minimum Gasteiger partial charge on any atom is -0.481 e. The van der Waals surface area contributed by atoms with E-state index in [1.165, 1.54) is 7.11 Å². The zero-order chi connectivity index (χ0) is 12.5. The van der Waals surface area contributed by atoms with Crippen molar-refractivity contribution < 1.29 is 17.9 Å². The van der Waals surface area contributed by atoms with E-state index in [-0.39, 0.29) is 19.4 Å². The molecule has 1 aromatic heterocycles. The summed E-state index contributed by atoms with van der Waals surface area (Å²) in [7, 11) is 1.45. The van der Waals surface area contributed by atoms with Crippen LogP contribution < -0.4 is 10.1 Å². The quantitative estimate of drug-likeness (QED) is 0.885. The molecule has 0 atom stereocenters. The number of pyridine rings is 1. The lowest BCUT2D eigenvalue weighted by molar-refractivity contribution is -0.166. The zero-order valence-electron chi connectivity index (χ0n) is 9.34. The van der Waals surface area contributed by atoms with Crippen LogP contribution in [0.3, 0.4) is 0 Å². The number of ether oxygens (including phenoxy) is 1. The monoisotopic (exact) mass is 246 g/mol. The summed E-state index contributed by atoms with van der Waals surface area (Å²) in [6.45, 7) is 0.108. The molecule has 6 heteroatoms. The number of alkyl halides is 3. The van der Waals surface area contributed by atoms with Crippen LogP contribution in [0.4, 0.5) is 13.2 Å². The summed E-state index contributed by atoms with van der Waals surface area (Å²) in [4.78, 5) is 3.94. The Morgan fingerprint density at radius 1 is 1.47 bits per heavy atom. The van der Waals surface area contributed by atoms with Gasteiger partial charge in [-0.3, -0.25) is 5.32 Å². The van der Waals surface area contributed by atoms with Crippen LogP contribution in [0.25, 0.3) is 0 Å². The Labute approximate surface area is 97.0 Å². The van der Waals surface area contributed by atoms with E-state index in [1.807, 2.05) is 0 Å². The Balaban J connectivity index is 2.03. The molecule has 0 saturated heterocycles. The van der Waals surface area contributed by atoms with E-state index in [9.17, 15) is 13.2 Å². The molecule has 0 radical (unpaired) electrons. The highest BCUT2D eigenvalue weighted by Crippen LogP contribution is 2.49. The van der Waals surface area contributed by atoms with Crippen LogP contribution in [-0.4, -0.2) is 23.8 Å². The van der Waals surface area contributed by atoms with E-state index < -0.39 is 11.7 Å². The lowest BCUT2D eigenvalue weighted by atomic mass is 10.2. The largest absolute Gasteiger partial charge is 0.481 e. The smallest absolute Gasteiger partial charge is 0.406 e. The first-order chi connectivity index (χ1) is 7.98. The van der Waals surface area contributed by atoms with Crippen LogP contribution in [0, 0.1) is 0 Å². The second-order valence-corrected chi connectivity index (χ2v) is 4.11. The summed E-state index contributed by atoms with van der Waals surface area (Å²) in [6.07, 6.45) is -2.38. The van der Waals surface area contributed by atoms with Crippen LogP contribution in [0.5, 0.6) is 5.88 Å². The second-order valence-electron chi connectivity index (χ2n) is 4.11. The van der Waals surface area contributed by atoms with E-state index in [0.29, 0.717) is 11.4 Å². The van der Waals surface area contributed by atoms with Crippen molar-refractivity contribution in [3.63, 3.8) is 0 Å². The third kappa shape index (κ3) is 2.36. The predicted octanol–water partition coefficient (Wildman–Crippen LogP) is 2.27. The van der Waals surface area contributed by atoms with Gasteiger partial charge >= 0.3 is 6.18 Å². The van der Waals surface area contributed by atoms with Crippen LogP contribution in [0.15, 0.2) is 18.3 Å². The fourth-order valence-electron chi connectivity index (χ4n) is 1.69. The van der Waals surface area contributed by atoms with Crippen molar-refractivity contribution >= 4 is 0 Å². The highest BCUT2D eigenvalue weighted by Gasteiger charge is 2.62. The number of methoxy groups -OCH3 is 1. The molecule has 0 aromatic carbocycles. The van der Waals surface area contributed by atoms with E-state index in [4.69, 9.17) is 4.74 Å². The van der Waals surface area contributed by atoms with Gasteiger partial charge in [-0.25, -0.2) is 4.98 Å². The Kier molecular flexibility index (Phi) is 2.99. The van der Waals surface area contributed by atoms with Crippen molar-refractivity contribution in [1.29, 1.82) is 0 Å². The molecule has 1 aliphatic rings. The van der Waals surface area contributed by atoms with Gasteiger partial charge in [-0.1, -0.05) is 6.07 Å². The predicted molar refractivity (Wildman–Crippen MR) is 55.6 cm³/mol. The molecule has 1 N–H and O–H groups in total. The first-order valence-corrected chi connectivity index (χ1v) is 5.28. The van der Waals surface area contributed by atoms with Gasteiger partial charge < -0.3 is 4.74 Å². The maximum Gasteiger partial charge on any atom is 0.406 e. The molecule has 0 spiro atoms. The standard InChI is InChI=1S/C11H13F3N2O/c1-17-9-8(3-2-6-15-9)7-16-10(4-5-10)11(12,13)14/h2-3,6,16H,4-5,7H2,1H3. The Morgan fingerprint density at radius 3 is 2.71 bits per heavy atom. The van der Waals surface area contributed by atoms with Gasteiger partial charge in [-0.2, -0.15) is 13.2 Å². The second kappa shape index (κ2) is 4.18. The highest BCUT2D eigenvalue weighted by molar-refractivity contribution is 5.26. The van der Waals surface area contributed by atoms with Gasteiger partial charge in [0.25, 0.3) is 0 Å². The third-order valence-corrected chi connectivity index (χ3v) is 2.95. The van der Waals surface area contributed by atoms with Crippen LogP contribution in [0.2, 0.25) is 0 Å². The molecule has 0 bridgehead atoms. The van der Waals surface area contributed by atoms with Crippen LogP contribution in [-0.2, 0) is 6.54 Å². The lowest BCUT2D eigenvalue weighted by Gasteiger charge is -2.21. The maximum atomic E-state index is 12.7. The van der Waals surface area contributed by atoms with Gasteiger partial charge in [0.1, 0.15) is 5.54 Å². The van der Waals surface area contributed by atoms with Gasteiger partial charge in [0.2, 0.25) is 5.88 Å². The molecule has 1 aromatic rings. The number of rotatable bonds is 4. The molecule has 1 aliphatic carbocycles. The normalized spacial score (nSPS) is 17.9. The molecule has 3 nitrogen and oxygen atoms in total. The van der Waals surface area contributed by atoms with Crippen molar-refractivity contribution in [2.24, 2.45) is 0 Å². The summed E-state index contributed by atoms with van der Waals surface area (Å²) in [5.74, 6) is 0.359. The molecule has 1 heterocycles. The van der Waals surface area contributed by atoms with Gasteiger partial charge in [0.05, 0.1) is 7.11 Å². The first-order valence-electron chi connectivity index (χ1n) is 5.28. The van der Waals surface area contributed by atoms with Crippen molar-refractivity contribution in [2.45, 2.75) is 31.1 Å². The molecule has 0 unspecified atom stereocenters. The lowest BCUT2D eigenvalue weighted by Crippen LogP contribution is -2.44. The number of hydrogen-bond donors (Lipinski definition) is 1. The van der Waals surface area contributed by atoms with Gasteiger partial charge in [-0.05, 0) is 18.9 Å². The molecule has 0 amide bonds. The van der Waals surface area contributed by atoms with E-state index in [2.05, 4.69) is 10.3 Å². The van der Waals surface area contributed by atoms with Gasteiger partial charge in [0.15, 0.2) is 0 Å². The first kappa shape index (κ1) is 12.2. The van der Waals surface area contributed by atoms with Crippen molar-refractivity contribution in [1.82, 2.24) is 10.3 Å². The summed E-state index contributed by atoms with van der Waals surface area (Å²) >= 11 is 0.